The molecule has 1 saturated heterocycles. The number of fused-ring (bicyclic) bond motifs is 2. The Morgan fingerprint density at radius 1 is 1.22 bits per heavy atom. The van der Waals surface area contributed by atoms with Crippen molar-refractivity contribution < 1.29 is 14.3 Å². The SMILES string of the molecule is Cc1cc2c(cc1Cl)C1(CCN(C(=O)OC(C)(C)C)CC1)O[C@@H]2C(C)(C)c1ncnn1C. The predicted octanol–water partition coefficient (Wildman–Crippen LogP) is 5.05. The third kappa shape index (κ3) is 3.90. The fraction of sp³-hybridized carbons (Fsp3) is 0.625. The number of aryl methyl sites for hydroxylation is 2. The van der Waals surface area contributed by atoms with Gasteiger partial charge in [-0.2, -0.15) is 5.10 Å². The van der Waals surface area contributed by atoms with Gasteiger partial charge in [-0.1, -0.05) is 17.7 Å². The molecule has 174 valence electrons. The number of hydrogen-bond donors (Lipinski definition) is 0. The number of aromatic nitrogens is 3. The highest BCUT2D eigenvalue weighted by molar-refractivity contribution is 6.31. The van der Waals surface area contributed by atoms with Crippen LogP contribution in [0.25, 0.3) is 0 Å². The number of likely N-dealkylation sites (tertiary alicyclic amines) is 1. The standard InChI is InChI=1S/C24H33ClN4O3/c1-15-12-16-17(13-18(15)25)24(8-10-29(11-9-24)21(30)32-22(2,3)4)31-19(16)23(5,6)20-26-14-27-28(20)7/h12-14,19H,8-11H2,1-7H3/t19-/m0/s1. The van der Waals surface area contributed by atoms with Crippen molar-refractivity contribution in [1.82, 2.24) is 19.7 Å². The van der Waals surface area contributed by atoms with Gasteiger partial charge in [0.25, 0.3) is 0 Å². The molecule has 1 atom stereocenters. The van der Waals surface area contributed by atoms with E-state index in [0.717, 1.165) is 27.5 Å². The van der Waals surface area contributed by atoms with Crippen LogP contribution in [0.3, 0.4) is 0 Å². The molecule has 3 heterocycles. The Balaban J connectivity index is 1.67. The van der Waals surface area contributed by atoms with E-state index in [1.54, 1.807) is 11.2 Å². The first-order chi connectivity index (χ1) is 14.8. The summed E-state index contributed by atoms with van der Waals surface area (Å²) in [5, 5.41) is 5.01. The number of amides is 1. The second kappa shape index (κ2) is 7.73. The van der Waals surface area contributed by atoms with Gasteiger partial charge in [-0.25, -0.2) is 9.78 Å². The number of carbonyl (C=O) groups excluding carboxylic acids is 1. The molecule has 0 unspecified atom stereocenters. The summed E-state index contributed by atoms with van der Waals surface area (Å²) in [5.41, 5.74) is 1.87. The van der Waals surface area contributed by atoms with E-state index in [1.165, 1.54) is 0 Å². The Kier molecular flexibility index (Phi) is 5.57. The molecule has 1 spiro atoms. The van der Waals surface area contributed by atoms with Gasteiger partial charge in [-0.05, 0) is 77.1 Å². The summed E-state index contributed by atoms with van der Waals surface area (Å²) in [4.78, 5) is 18.9. The molecule has 2 aliphatic rings. The van der Waals surface area contributed by atoms with Crippen molar-refractivity contribution in [2.75, 3.05) is 13.1 Å². The largest absolute Gasteiger partial charge is 0.444 e. The highest BCUT2D eigenvalue weighted by Gasteiger charge is 2.53. The molecule has 32 heavy (non-hydrogen) atoms. The van der Waals surface area contributed by atoms with Gasteiger partial charge in [0.1, 0.15) is 17.8 Å². The van der Waals surface area contributed by atoms with Crippen molar-refractivity contribution in [1.29, 1.82) is 0 Å². The Bertz CT molecular complexity index is 1030. The summed E-state index contributed by atoms with van der Waals surface area (Å²) in [6, 6.07) is 4.21. The minimum absolute atomic E-state index is 0.204. The van der Waals surface area contributed by atoms with E-state index in [9.17, 15) is 4.79 Å². The zero-order valence-electron chi connectivity index (χ0n) is 20.0. The zero-order chi connectivity index (χ0) is 23.5. The Morgan fingerprint density at radius 3 is 2.44 bits per heavy atom. The lowest BCUT2D eigenvalue weighted by Gasteiger charge is -2.41. The number of hydrogen-bond acceptors (Lipinski definition) is 5. The van der Waals surface area contributed by atoms with Crippen LogP contribution in [0.2, 0.25) is 5.02 Å². The summed E-state index contributed by atoms with van der Waals surface area (Å²) in [6.45, 7) is 13.1. The monoisotopic (exact) mass is 460 g/mol. The second-order valence-electron chi connectivity index (χ2n) is 10.6. The molecular formula is C24H33ClN4O3. The third-order valence-corrected chi connectivity index (χ3v) is 7.02. The lowest BCUT2D eigenvalue weighted by molar-refractivity contribution is -0.130. The minimum Gasteiger partial charge on any atom is -0.444 e. The molecule has 2 aliphatic heterocycles. The van der Waals surface area contributed by atoms with Crippen LogP contribution in [0, 0.1) is 6.92 Å². The Hall–Kier alpha value is -2.12. The first-order valence-electron chi connectivity index (χ1n) is 11.1. The van der Waals surface area contributed by atoms with Crippen LogP contribution < -0.4 is 0 Å². The molecule has 1 fully saturated rings. The minimum atomic E-state index is -0.515. The average Bonchev–Trinajstić information content (AvgIpc) is 3.25. The van der Waals surface area contributed by atoms with E-state index in [1.807, 2.05) is 39.4 Å². The zero-order valence-corrected chi connectivity index (χ0v) is 20.8. The average molecular weight is 461 g/mol. The van der Waals surface area contributed by atoms with Gasteiger partial charge in [0.2, 0.25) is 0 Å². The molecule has 1 aromatic heterocycles. The molecule has 0 saturated carbocycles. The van der Waals surface area contributed by atoms with Crippen molar-refractivity contribution in [3.8, 4) is 0 Å². The second-order valence-corrected chi connectivity index (χ2v) is 11.0. The quantitative estimate of drug-likeness (QED) is 0.627. The normalized spacial score (nSPS) is 20.5. The molecule has 4 rings (SSSR count). The van der Waals surface area contributed by atoms with Crippen LogP contribution in [-0.2, 0) is 27.5 Å². The van der Waals surface area contributed by atoms with Crippen molar-refractivity contribution in [2.45, 2.75) is 77.1 Å². The van der Waals surface area contributed by atoms with E-state index in [-0.39, 0.29) is 12.2 Å². The number of ether oxygens (including phenoxy) is 2. The highest BCUT2D eigenvalue weighted by Crippen LogP contribution is 2.56. The lowest BCUT2D eigenvalue weighted by atomic mass is 9.78. The van der Waals surface area contributed by atoms with Crippen LogP contribution in [0.15, 0.2) is 18.5 Å². The maximum Gasteiger partial charge on any atom is 0.410 e. The number of rotatable bonds is 2. The van der Waals surface area contributed by atoms with Crippen LogP contribution in [-0.4, -0.2) is 44.4 Å². The number of carbonyl (C=O) groups is 1. The van der Waals surface area contributed by atoms with Gasteiger partial charge < -0.3 is 14.4 Å². The van der Waals surface area contributed by atoms with E-state index in [4.69, 9.17) is 21.1 Å². The molecule has 2 aromatic rings. The van der Waals surface area contributed by atoms with Gasteiger partial charge >= 0.3 is 6.09 Å². The van der Waals surface area contributed by atoms with Gasteiger partial charge in [0, 0.05) is 25.2 Å². The van der Waals surface area contributed by atoms with Crippen molar-refractivity contribution >= 4 is 17.7 Å². The highest BCUT2D eigenvalue weighted by atomic mass is 35.5. The van der Waals surface area contributed by atoms with Crippen molar-refractivity contribution in [3.05, 3.63) is 46.0 Å². The maximum atomic E-state index is 12.6. The smallest absolute Gasteiger partial charge is 0.410 e. The van der Waals surface area contributed by atoms with Gasteiger partial charge in [-0.3, -0.25) is 4.68 Å². The molecule has 7 nitrogen and oxygen atoms in total. The van der Waals surface area contributed by atoms with E-state index in [2.05, 4.69) is 36.1 Å². The van der Waals surface area contributed by atoms with Crippen LogP contribution in [0.5, 0.6) is 0 Å². The molecule has 0 aliphatic carbocycles. The van der Waals surface area contributed by atoms with Crippen LogP contribution in [0.4, 0.5) is 4.79 Å². The number of nitrogens with zero attached hydrogens (tertiary/aromatic N) is 4. The van der Waals surface area contributed by atoms with Crippen LogP contribution in [0.1, 0.15) is 76.1 Å². The summed E-state index contributed by atoms with van der Waals surface area (Å²) < 4.78 is 14.3. The number of piperidine rings is 1. The summed E-state index contributed by atoms with van der Waals surface area (Å²) in [6.07, 6.45) is 2.47. The molecule has 1 amide bonds. The molecule has 1 aromatic carbocycles. The van der Waals surface area contributed by atoms with Gasteiger partial charge in [0.15, 0.2) is 0 Å². The predicted molar refractivity (Wildman–Crippen MR) is 123 cm³/mol. The van der Waals surface area contributed by atoms with Crippen LogP contribution >= 0.6 is 11.6 Å². The third-order valence-electron chi connectivity index (χ3n) is 6.61. The summed E-state index contributed by atoms with van der Waals surface area (Å²) in [7, 11) is 1.90. The topological polar surface area (TPSA) is 69.5 Å². The first-order valence-corrected chi connectivity index (χ1v) is 11.5. The summed E-state index contributed by atoms with van der Waals surface area (Å²) >= 11 is 6.57. The molecular weight excluding hydrogens is 428 g/mol. The molecule has 0 bridgehead atoms. The van der Waals surface area contributed by atoms with Gasteiger partial charge in [-0.15, -0.1) is 0 Å². The molecule has 0 N–H and O–H groups in total. The van der Waals surface area contributed by atoms with E-state index >= 15 is 0 Å². The Morgan fingerprint density at radius 2 is 1.88 bits per heavy atom. The molecule has 8 heteroatoms. The fourth-order valence-electron chi connectivity index (χ4n) is 4.96. The van der Waals surface area contributed by atoms with Crippen molar-refractivity contribution in [2.24, 2.45) is 7.05 Å². The number of benzene rings is 1. The van der Waals surface area contributed by atoms with Crippen molar-refractivity contribution in [3.63, 3.8) is 0 Å². The number of halogens is 1. The van der Waals surface area contributed by atoms with Gasteiger partial charge in [0.05, 0.1) is 17.1 Å². The fourth-order valence-corrected chi connectivity index (χ4v) is 5.13. The first kappa shape index (κ1) is 23.1. The Labute approximate surface area is 195 Å². The maximum absolute atomic E-state index is 12.6. The van der Waals surface area contributed by atoms with E-state index < -0.39 is 16.6 Å². The lowest BCUT2D eigenvalue weighted by Crippen LogP contribution is -2.47. The van der Waals surface area contributed by atoms with E-state index in [0.29, 0.717) is 25.9 Å². The summed E-state index contributed by atoms with van der Waals surface area (Å²) in [5.74, 6) is 0.865. The molecule has 0 radical (unpaired) electrons.